The van der Waals surface area contributed by atoms with E-state index in [-0.39, 0.29) is 0 Å². The minimum absolute atomic E-state index is 0.338. The van der Waals surface area contributed by atoms with Crippen LogP contribution in [0.15, 0.2) is 59.5 Å². The van der Waals surface area contributed by atoms with Crippen molar-refractivity contribution in [3.8, 4) is 0 Å². The van der Waals surface area contributed by atoms with E-state index in [4.69, 9.17) is 0 Å². The van der Waals surface area contributed by atoms with Gasteiger partial charge in [-0.25, -0.2) is 13.1 Å². The number of nitrogens with one attached hydrogen (secondary N) is 1. The first-order valence-corrected chi connectivity index (χ1v) is 9.72. The van der Waals surface area contributed by atoms with Gasteiger partial charge in [0.1, 0.15) is 0 Å². The van der Waals surface area contributed by atoms with E-state index in [1.54, 1.807) is 12.1 Å². The van der Waals surface area contributed by atoms with Crippen molar-refractivity contribution in [1.29, 1.82) is 0 Å². The van der Waals surface area contributed by atoms with Gasteiger partial charge < -0.3 is 0 Å². The fraction of sp³-hybridized carbons (Fsp3) is 0.368. The highest BCUT2D eigenvalue weighted by Gasteiger charge is 2.12. The zero-order chi connectivity index (χ0) is 16.5. The molecule has 0 spiro atoms. The van der Waals surface area contributed by atoms with Gasteiger partial charge in [-0.1, -0.05) is 62.2 Å². The largest absolute Gasteiger partial charge is 0.240 e. The lowest BCUT2D eigenvalue weighted by molar-refractivity contribution is 0.581. The lowest BCUT2D eigenvalue weighted by Crippen LogP contribution is -2.26. The molecule has 2 rings (SSSR count). The van der Waals surface area contributed by atoms with Crippen molar-refractivity contribution in [3.05, 3.63) is 65.7 Å². The van der Waals surface area contributed by atoms with Crippen LogP contribution in [0.2, 0.25) is 0 Å². The summed E-state index contributed by atoms with van der Waals surface area (Å²) < 4.78 is 27.2. The van der Waals surface area contributed by atoms with Crippen LogP contribution in [0, 0.1) is 0 Å². The van der Waals surface area contributed by atoms with Gasteiger partial charge in [0.05, 0.1) is 4.90 Å². The molecular weight excluding hydrogens is 306 g/mol. The lowest BCUT2D eigenvalue weighted by Gasteiger charge is -2.08. The second-order valence-corrected chi connectivity index (χ2v) is 7.50. The summed E-state index contributed by atoms with van der Waals surface area (Å²) in [6, 6.07) is 17.1. The maximum atomic E-state index is 12.3. The quantitative estimate of drug-likeness (QED) is 0.707. The first-order valence-electron chi connectivity index (χ1n) is 8.24. The van der Waals surface area contributed by atoms with E-state index < -0.39 is 10.0 Å². The Kier molecular flexibility index (Phi) is 6.81. The standard InChI is InChI=1S/C19H25NO2S/c1-2-3-5-8-18-11-13-19(14-12-18)23(21,22)20-16-15-17-9-6-4-7-10-17/h4,6-7,9-14,20H,2-3,5,8,15-16H2,1H3. The van der Waals surface area contributed by atoms with E-state index in [0.29, 0.717) is 17.9 Å². The van der Waals surface area contributed by atoms with Crippen LogP contribution < -0.4 is 4.72 Å². The molecule has 0 atom stereocenters. The highest BCUT2D eigenvalue weighted by molar-refractivity contribution is 7.89. The van der Waals surface area contributed by atoms with Gasteiger partial charge in [0.2, 0.25) is 10.0 Å². The Hall–Kier alpha value is -1.65. The Labute approximate surface area is 139 Å². The highest BCUT2D eigenvalue weighted by Crippen LogP contribution is 2.13. The molecule has 0 aliphatic rings. The predicted molar refractivity (Wildman–Crippen MR) is 95.0 cm³/mol. The van der Waals surface area contributed by atoms with Crippen molar-refractivity contribution in [2.24, 2.45) is 0 Å². The molecule has 0 aliphatic carbocycles. The number of hydrogen-bond donors (Lipinski definition) is 1. The molecule has 0 radical (unpaired) electrons. The van der Waals surface area contributed by atoms with Gasteiger partial charge in [-0.3, -0.25) is 0 Å². The third kappa shape index (κ3) is 5.81. The summed E-state index contributed by atoms with van der Waals surface area (Å²) in [5, 5.41) is 0. The SMILES string of the molecule is CCCCCc1ccc(S(=O)(=O)NCCc2ccccc2)cc1. The fourth-order valence-electron chi connectivity index (χ4n) is 2.47. The molecule has 0 unspecified atom stereocenters. The zero-order valence-electron chi connectivity index (χ0n) is 13.7. The van der Waals surface area contributed by atoms with Gasteiger partial charge in [-0.05, 0) is 42.5 Å². The molecular formula is C19H25NO2S. The molecule has 124 valence electrons. The number of sulfonamides is 1. The normalized spacial score (nSPS) is 11.5. The van der Waals surface area contributed by atoms with Crippen LogP contribution in [0.1, 0.15) is 37.3 Å². The Morgan fingerprint density at radius 1 is 0.826 bits per heavy atom. The second-order valence-electron chi connectivity index (χ2n) is 5.73. The summed E-state index contributed by atoms with van der Waals surface area (Å²) in [5.74, 6) is 0. The Morgan fingerprint density at radius 3 is 2.13 bits per heavy atom. The van der Waals surface area contributed by atoms with E-state index in [2.05, 4.69) is 11.6 Å². The molecule has 0 fully saturated rings. The van der Waals surface area contributed by atoms with Gasteiger partial charge in [0, 0.05) is 6.54 Å². The van der Waals surface area contributed by atoms with Crippen LogP contribution in [0.5, 0.6) is 0 Å². The summed E-state index contributed by atoms with van der Waals surface area (Å²) in [6.07, 6.45) is 5.25. The molecule has 0 saturated heterocycles. The van der Waals surface area contributed by atoms with Gasteiger partial charge >= 0.3 is 0 Å². The van der Waals surface area contributed by atoms with Gasteiger partial charge in [0.25, 0.3) is 0 Å². The Balaban J connectivity index is 1.88. The molecule has 3 nitrogen and oxygen atoms in total. The van der Waals surface area contributed by atoms with E-state index in [1.165, 1.54) is 18.4 Å². The zero-order valence-corrected chi connectivity index (χ0v) is 14.5. The maximum absolute atomic E-state index is 12.3. The van der Waals surface area contributed by atoms with Crippen molar-refractivity contribution in [1.82, 2.24) is 4.72 Å². The number of rotatable bonds is 9. The van der Waals surface area contributed by atoms with Crippen molar-refractivity contribution in [2.45, 2.75) is 43.9 Å². The smallest absolute Gasteiger partial charge is 0.211 e. The average Bonchev–Trinajstić information content (AvgIpc) is 2.56. The number of benzene rings is 2. The lowest BCUT2D eigenvalue weighted by atomic mass is 10.1. The molecule has 0 saturated carbocycles. The van der Waals surface area contributed by atoms with Crippen LogP contribution in [0.3, 0.4) is 0 Å². The number of unbranched alkanes of at least 4 members (excludes halogenated alkanes) is 2. The van der Waals surface area contributed by atoms with Crippen molar-refractivity contribution < 1.29 is 8.42 Å². The molecule has 2 aromatic carbocycles. The first-order chi connectivity index (χ1) is 11.1. The van der Waals surface area contributed by atoms with Crippen LogP contribution in [0.4, 0.5) is 0 Å². The van der Waals surface area contributed by atoms with E-state index >= 15 is 0 Å². The first kappa shape index (κ1) is 17.7. The topological polar surface area (TPSA) is 46.2 Å². The summed E-state index contributed by atoms with van der Waals surface area (Å²) in [7, 11) is -3.42. The van der Waals surface area contributed by atoms with Crippen LogP contribution in [-0.4, -0.2) is 15.0 Å². The van der Waals surface area contributed by atoms with Crippen LogP contribution >= 0.6 is 0 Å². The molecule has 0 aliphatic heterocycles. The fourth-order valence-corrected chi connectivity index (χ4v) is 3.50. The molecule has 0 aromatic heterocycles. The average molecular weight is 331 g/mol. The van der Waals surface area contributed by atoms with Crippen LogP contribution in [-0.2, 0) is 22.9 Å². The van der Waals surface area contributed by atoms with Gasteiger partial charge in [-0.2, -0.15) is 0 Å². The maximum Gasteiger partial charge on any atom is 0.240 e. The second kappa shape index (κ2) is 8.85. The van der Waals surface area contributed by atoms with Crippen molar-refractivity contribution >= 4 is 10.0 Å². The number of hydrogen-bond acceptors (Lipinski definition) is 2. The molecule has 4 heteroatoms. The summed E-state index contributed by atoms with van der Waals surface area (Å²) >= 11 is 0. The third-order valence-corrected chi connectivity index (χ3v) is 5.33. The Bertz CT molecular complexity index is 679. The Morgan fingerprint density at radius 2 is 1.48 bits per heavy atom. The minimum Gasteiger partial charge on any atom is -0.211 e. The van der Waals surface area contributed by atoms with E-state index in [9.17, 15) is 8.42 Å². The molecule has 1 N–H and O–H groups in total. The monoisotopic (exact) mass is 331 g/mol. The predicted octanol–water partition coefficient (Wildman–Crippen LogP) is 3.94. The molecule has 0 amide bonds. The molecule has 23 heavy (non-hydrogen) atoms. The minimum atomic E-state index is -3.42. The van der Waals surface area contributed by atoms with Crippen molar-refractivity contribution in [3.63, 3.8) is 0 Å². The van der Waals surface area contributed by atoms with Gasteiger partial charge in [0.15, 0.2) is 0 Å². The summed E-state index contributed by atoms with van der Waals surface area (Å²) in [5.41, 5.74) is 2.32. The molecule has 2 aromatic rings. The van der Waals surface area contributed by atoms with Crippen molar-refractivity contribution in [2.75, 3.05) is 6.54 Å². The molecule has 0 heterocycles. The highest BCUT2D eigenvalue weighted by atomic mass is 32.2. The van der Waals surface area contributed by atoms with E-state index in [0.717, 1.165) is 18.4 Å². The van der Waals surface area contributed by atoms with Crippen LogP contribution in [0.25, 0.3) is 0 Å². The number of aryl methyl sites for hydroxylation is 1. The summed E-state index contributed by atoms with van der Waals surface area (Å²) in [6.45, 7) is 2.58. The van der Waals surface area contributed by atoms with Gasteiger partial charge in [-0.15, -0.1) is 0 Å². The molecule has 0 bridgehead atoms. The van der Waals surface area contributed by atoms with E-state index in [1.807, 2.05) is 42.5 Å². The third-order valence-electron chi connectivity index (χ3n) is 3.85. The summed E-state index contributed by atoms with van der Waals surface area (Å²) in [4.78, 5) is 0.338.